The third-order valence-corrected chi connectivity index (χ3v) is 3.82. The van der Waals surface area contributed by atoms with E-state index in [0.29, 0.717) is 12.4 Å². The van der Waals surface area contributed by atoms with Crippen LogP contribution in [0.15, 0.2) is 48.8 Å². The highest BCUT2D eigenvalue weighted by Gasteiger charge is 2.15. The van der Waals surface area contributed by atoms with Crippen LogP contribution >= 0.6 is 0 Å². The Morgan fingerprint density at radius 1 is 1.16 bits per heavy atom. The number of hydrogen-bond acceptors (Lipinski definition) is 5. The summed E-state index contributed by atoms with van der Waals surface area (Å²) in [5, 5.41) is 3.81. The lowest BCUT2D eigenvalue weighted by atomic mass is 10.2. The van der Waals surface area contributed by atoms with Crippen molar-refractivity contribution in [2.45, 2.75) is 13.3 Å². The summed E-state index contributed by atoms with van der Waals surface area (Å²) in [6, 6.07) is 11.6. The summed E-state index contributed by atoms with van der Waals surface area (Å²) in [5.74, 6) is 1.31. The molecule has 3 rings (SSSR count). The van der Waals surface area contributed by atoms with Crippen molar-refractivity contribution in [3.8, 4) is 11.4 Å². The van der Waals surface area contributed by atoms with E-state index >= 15 is 0 Å². The van der Waals surface area contributed by atoms with Crippen molar-refractivity contribution in [1.29, 1.82) is 0 Å². The molecule has 0 unspecified atom stereocenters. The fourth-order valence-electron chi connectivity index (χ4n) is 2.59. The van der Waals surface area contributed by atoms with Gasteiger partial charge in [-0.1, -0.05) is 19.1 Å². The molecule has 128 valence electrons. The molecule has 0 radical (unpaired) electrons. The minimum absolute atomic E-state index is 0.0185. The Kier molecular flexibility index (Phi) is 5.18. The maximum Gasteiger partial charge on any atom is 0.239 e. The second-order valence-corrected chi connectivity index (χ2v) is 5.84. The second-order valence-electron chi connectivity index (χ2n) is 5.84. The molecule has 0 atom stereocenters. The quantitative estimate of drug-likeness (QED) is 0.750. The third-order valence-electron chi connectivity index (χ3n) is 3.82. The monoisotopic (exact) mass is 335 g/mol. The summed E-state index contributed by atoms with van der Waals surface area (Å²) in [6.45, 7) is 2.95. The molecular weight excluding hydrogens is 314 g/mol. The predicted molar refractivity (Wildman–Crippen MR) is 99.3 cm³/mol. The fourth-order valence-corrected chi connectivity index (χ4v) is 2.59. The Bertz CT molecular complexity index is 866. The van der Waals surface area contributed by atoms with Crippen molar-refractivity contribution in [3.63, 3.8) is 0 Å². The van der Waals surface area contributed by atoms with Crippen LogP contribution in [-0.4, -0.2) is 41.0 Å². The van der Waals surface area contributed by atoms with Crippen LogP contribution in [0.2, 0.25) is 0 Å². The Morgan fingerprint density at radius 3 is 2.76 bits per heavy atom. The summed E-state index contributed by atoms with van der Waals surface area (Å²) in [6.07, 6.45) is 4.37. The van der Waals surface area contributed by atoms with Gasteiger partial charge in [-0.2, -0.15) is 0 Å². The molecule has 0 saturated heterocycles. The smallest absolute Gasteiger partial charge is 0.239 e. The fraction of sp³-hybridized carbons (Fsp3) is 0.263. The van der Waals surface area contributed by atoms with Crippen molar-refractivity contribution < 1.29 is 4.79 Å². The van der Waals surface area contributed by atoms with Crippen molar-refractivity contribution in [2.75, 3.05) is 25.0 Å². The van der Waals surface area contributed by atoms with Gasteiger partial charge in [0.05, 0.1) is 12.1 Å². The molecule has 1 N–H and O–H groups in total. The van der Waals surface area contributed by atoms with Crippen LogP contribution in [0.1, 0.15) is 13.3 Å². The van der Waals surface area contributed by atoms with Gasteiger partial charge in [0.25, 0.3) is 0 Å². The van der Waals surface area contributed by atoms with Crippen molar-refractivity contribution >= 4 is 22.6 Å². The normalized spacial score (nSPS) is 10.6. The van der Waals surface area contributed by atoms with E-state index in [9.17, 15) is 4.79 Å². The van der Waals surface area contributed by atoms with E-state index in [0.717, 1.165) is 28.7 Å². The summed E-state index contributed by atoms with van der Waals surface area (Å²) in [5.41, 5.74) is 1.69. The van der Waals surface area contributed by atoms with E-state index < -0.39 is 0 Å². The van der Waals surface area contributed by atoms with Crippen molar-refractivity contribution in [3.05, 3.63) is 48.8 Å². The number of nitrogens with one attached hydrogen (secondary N) is 1. The first kappa shape index (κ1) is 16.8. The number of benzene rings is 1. The first-order chi connectivity index (χ1) is 12.2. The number of para-hydroxylation sites is 1. The van der Waals surface area contributed by atoms with Gasteiger partial charge in [-0.3, -0.25) is 9.78 Å². The van der Waals surface area contributed by atoms with Gasteiger partial charge in [-0.05, 0) is 30.7 Å². The van der Waals surface area contributed by atoms with Crippen LogP contribution in [0.4, 0.5) is 5.82 Å². The van der Waals surface area contributed by atoms with Gasteiger partial charge in [-0.25, -0.2) is 9.97 Å². The molecular formula is C19H21N5O. The summed E-state index contributed by atoms with van der Waals surface area (Å²) in [4.78, 5) is 27.4. The van der Waals surface area contributed by atoms with E-state index in [4.69, 9.17) is 4.98 Å². The number of carbonyl (C=O) groups is 1. The molecule has 3 aromatic rings. The van der Waals surface area contributed by atoms with E-state index in [1.54, 1.807) is 12.4 Å². The number of carbonyl (C=O) groups excluding carboxylic acids is 1. The van der Waals surface area contributed by atoms with Crippen LogP contribution in [0.3, 0.4) is 0 Å². The third kappa shape index (κ3) is 3.91. The molecule has 0 aliphatic rings. The highest BCUT2D eigenvalue weighted by Crippen LogP contribution is 2.26. The summed E-state index contributed by atoms with van der Waals surface area (Å²) < 4.78 is 0. The maximum atomic E-state index is 12.1. The number of pyridine rings is 1. The number of aromatic nitrogens is 3. The Hall–Kier alpha value is -3.02. The van der Waals surface area contributed by atoms with E-state index in [1.165, 1.54) is 0 Å². The lowest BCUT2D eigenvalue weighted by Crippen LogP contribution is -2.36. The number of amides is 1. The Labute approximate surface area is 146 Å². The molecule has 0 aliphatic heterocycles. The zero-order chi connectivity index (χ0) is 17.6. The van der Waals surface area contributed by atoms with Crippen molar-refractivity contribution in [1.82, 2.24) is 20.3 Å². The number of hydrogen-bond donors (Lipinski definition) is 1. The van der Waals surface area contributed by atoms with Gasteiger partial charge < -0.3 is 10.2 Å². The number of fused-ring (bicyclic) bond motifs is 1. The molecule has 0 spiro atoms. The molecule has 0 bridgehead atoms. The van der Waals surface area contributed by atoms with Gasteiger partial charge in [-0.15, -0.1) is 0 Å². The molecule has 2 aromatic heterocycles. The molecule has 1 aromatic carbocycles. The van der Waals surface area contributed by atoms with Crippen LogP contribution in [-0.2, 0) is 4.79 Å². The topological polar surface area (TPSA) is 71.0 Å². The lowest BCUT2D eigenvalue weighted by molar-refractivity contribution is -0.119. The largest absolute Gasteiger partial charge is 0.355 e. The zero-order valence-electron chi connectivity index (χ0n) is 14.4. The van der Waals surface area contributed by atoms with Gasteiger partial charge in [0.1, 0.15) is 5.82 Å². The van der Waals surface area contributed by atoms with Gasteiger partial charge >= 0.3 is 0 Å². The van der Waals surface area contributed by atoms with Gasteiger partial charge in [0, 0.05) is 36.9 Å². The molecule has 6 nitrogen and oxygen atoms in total. The zero-order valence-corrected chi connectivity index (χ0v) is 14.4. The molecule has 2 heterocycles. The number of rotatable bonds is 6. The molecule has 1 amide bonds. The highest BCUT2D eigenvalue weighted by atomic mass is 16.2. The number of anilines is 1. The SMILES string of the molecule is CCCNC(=O)CN(C)c1nc(-c2cccnc2)nc2ccccc12. The van der Waals surface area contributed by atoms with Crippen LogP contribution in [0.25, 0.3) is 22.3 Å². The van der Waals surface area contributed by atoms with Gasteiger partial charge in [0.2, 0.25) is 5.91 Å². The van der Waals surface area contributed by atoms with Crippen LogP contribution < -0.4 is 10.2 Å². The highest BCUT2D eigenvalue weighted by molar-refractivity contribution is 5.92. The lowest BCUT2D eigenvalue weighted by Gasteiger charge is -2.20. The molecule has 25 heavy (non-hydrogen) atoms. The molecule has 0 fully saturated rings. The molecule has 6 heteroatoms. The number of likely N-dealkylation sites (N-methyl/N-ethyl adjacent to an activating group) is 1. The summed E-state index contributed by atoms with van der Waals surface area (Å²) in [7, 11) is 1.87. The van der Waals surface area contributed by atoms with Crippen LogP contribution in [0.5, 0.6) is 0 Å². The second kappa shape index (κ2) is 7.70. The Balaban J connectivity index is 1.99. The average Bonchev–Trinajstić information content (AvgIpc) is 2.66. The van der Waals surface area contributed by atoms with E-state index in [1.807, 2.05) is 55.3 Å². The maximum absolute atomic E-state index is 12.1. The number of nitrogens with zero attached hydrogens (tertiary/aromatic N) is 4. The Morgan fingerprint density at radius 2 is 2.00 bits per heavy atom. The predicted octanol–water partition coefficient (Wildman–Crippen LogP) is 2.65. The minimum atomic E-state index is -0.0185. The first-order valence-electron chi connectivity index (χ1n) is 8.34. The van der Waals surface area contributed by atoms with Crippen LogP contribution in [0, 0.1) is 0 Å². The average molecular weight is 335 g/mol. The van der Waals surface area contributed by atoms with E-state index in [-0.39, 0.29) is 12.5 Å². The summed E-state index contributed by atoms with van der Waals surface area (Å²) >= 11 is 0. The molecule has 0 aliphatic carbocycles. The molecule has 0 saturated carbocycles. The first-order valence-corrected chi connectivity index (χ1v) is 8.34. The minimum Gasteiger partial charge on any atom is -0.355 e. The standard InChI is InChI=1S/C19H21N5O/c1-3-10-21-17(25)13-24(2)19-15-8-4-5-9-16(15)22-18(23-19)14-7-6-11-20-12-14/h4-9,11-12H,3,10,13H2,1-2H3,(H,21,25). The van der Waals surface area contributed by atoms with Gasteiger partial charge in [0.15, 0.2) is 5.82 Å². The van der Waals surface area contributed by atoms with Crippen molar-refractivity contribution in [2.24, 2.45) is 0 Å². The van der Waals surface area contributed by atoms with E-state index in [2.05, 4.69) is 15.3 Å².